The maximum Gasteiger partial charge on any atom is 0.351 e. The van der Waals surface area contributed by atoms with Crippen molar-refractivity contribution < 1.29 is 66.1 Å². The van der Waals surface area contributed by atoms with Gasteiger partial charge in [0.05, 0.1) is 66.1 Å². The average molecular weight is 1380 g/mol. The molecule has 6 bridgehead atoms. The number of ether oxygens (including phenoxy) is 4. The molecule has 0 spiro atoms. The molecule has 17 heteroatoms. The standard InChI is InChI=1S/2C18H15S.C17H28O2.C12H18O7S.C8H16O2.C7H6O3/c2*1-4-10-16(11-5-1)19(17-12-6-2-7-13-17)18-14-8-3-9-15-18;1-5-16(2,3)15(18)19-17(4)13-7-11-6-12(9-13)10-14(17)8-11;1-10(2)11(3)4-5-12(10,19-8(11)13)9(14)18-6-7-20(15,16)17;1-5-8(3,4)7(9)10-6-2;8-6-4-2-1-3-5(6)7(9)10/h2*1-15H;11-14H,5-10H2,1-4H3;4-7H2,1-3H3,(H,15,16,17);5-6H2,1-4H3;1-4,8H,(H,9,10)/q2*+1;;;;/p-2. The smallest absolute Gasteiger partial charge is 0.351 e. The Balaban J connectivity index is 0.000000167. The summed E-state index contributed by atoms with van der Waals surface area (Å²) in [5.74, 6) is -0.617. The maximum absolute atomic E-state index is 12.5. The number of carboxylic acids is 1. The van der Waals surface area contributed by atoms with Crippen molar-refractivity contribution in [2.45, 2.75) is 175 Å². The number of carboxylic acid groups (broad SMARTS) is 1. The third-order valence-corrected chi connectivity index (χ3v) is 25.3. The molecule has 7 aromatic carbocycles. The first kappa shape index (κ1) is 76.7. The van der Waals surface area contributed by atoms with E-state index in [4.69, 9.17) is 24.1 Å². The van der Waals surface area contributed by atoms with E-state index in [0.717, 1.165) is 24.7 Å². The molecule has 1 saturated heterocycles. The van der Waals surface area contributed by atoms with Crippen LogP contribution >= 0.6 is 0 Å². The molecule has 97 heavy (non-hydrogen) atoms. The van der Waals surface area contributed by atoms with E-state index in [9.17, 15) is 42.0 Å². The zero-order chi connectivity index (χ0) is 70.8. The summed E-state index contributed by atoms with van der Waals surface area (Å²) in [6.45, 7) is 21.1. The summed E-state index contributed by atoms with van der Waals surface area (Å²) in [6.07, 6.45) is 9.14. The lowest BCUT2D eigenvalue weighted by molar-refractivity contribution is -0.268. The predicted octanol–water partition coefficient (Wildman–Crippen LogP) is 16.4. The summed E-state index contributed by atoms with van der Waals surface area (Å²) in [4.78, 5) is 66.1. The Morgan fingerprint density at radius 1 is 0.536 bits per heavy atom. The van der Waals surface area contributed by atoms with Crippen LogP contribution < -0.4 is 5.11 Å². The lowest BCUT2D eigenvalue weighted by atomic mass is 9.50. The summed E-state index contributed by atoms with van der Waals surface area (Å²) in [6, 6.07) is 69.8. The summed E-state index contributed by atoms with van der Waals surface area (Å²) < 4.78 is 52.6. The molecule has 0 radical (unpaired) electrons. The molecular formula is C80H96O14S3. The Morgan fingerprint density at radius 3 is 1.18 bits per heavy atom. The molecular weight excluding hydrogens is 1280 g/mol. The second-order valence-corrected chi connectivity index (χ2v) is 33.0. The molecule has 2 atom stereocenters. The van der Waals surface area contributed by atoms with E-state index < -0.39 is 62.6 Å². The zero-order valence-electron chi connectivity index (χ0n) is 57.9. The minimum Gasteiger partial charge on any atom is -0.872 e. The summed E-state index contributed by atoms with van der Waals surface area (Å²) >= 11 is 0. The largest absolute Gasteiger partial charge is 0.872 e. The monoisotopic (exact) mass is 1380 g/mol. The number of fused-ring (bicyclic) bond motifs is 2. The Bertz CT molecular complexity index is 3460. The third-order valence-electron chi connectivity index (χ3n) is 20.2. The first-order valence-corrected chi connectivity index (χ1v) is 37.5. The van der Waals surface area contributed by atoms with Gasteiger partial charge in [0, 0.05) is 5.41 Å². The second kappa shape index (κ2) is 33.7. The van der Waals surface area contributed by atoms with Crippen molar-refractivity contribution in [1.29, 1.82) is 0 Å². The molecule has 1 heterocycles. The molecule has 13 rings (SSSR count). The zero-order valence-corrected chi connectivity index (χ0v) is 60.4. The normalized spacial score (nSPS) is 22.1. The van der Waals surface area contributed by atoms with Gasteiger partial charge < -0.3 is 33.7 Å². The van der Waals surface area contributed by atoms with E-state index in [-0.39, 0.29) is 55.7 Å². The highest BCUT2D eigenvalue weighted by Gasteiger charge is 2.76. The fraction of sp³-hybridized carbons (Fsp3) is 0.412. The van der Waals surface area contributed by atoms with Crippen LogP contribution in [0.2, 0.25) is 0 Å². The SMILES string of the molecule is CC12CCC(C(=O)OCCS(=O)(=O)[O-])(OC1=O)C2(C)C.CCC(C)(C)C(=O)OC1(C)C2CC3CC(C2)CC1C3.CCOC(=O)C(C)(C)CC.O=C(O)c1ccccc1[O-].c1ccc([S+](c2ccccc2)c2ccccc2)cc1.c1ccc([S+](c2ccccc2)c2ccccc2)cc1. The number of rotatable bonds is 17. The minimum absolute atomic E-state index is 0.0146. The van der Waals surface area contributed by atoms with E-state index in [2.05, 4.69) is 196 Å². The summed E-state index contributed by atoms with van der Waals surface area (Å²) in [7, 11) is -4.48. The summed E-state index contributed by atoms with van der Waals surface area (Å²) in [5, 5.41) is 19.0. The van der Waals surface area contributed by atoms with Gasteiger partial charge >= 0.3 is 29.8 Å². The van der Waals surface area contributed by atoms with Gasteiger partial charge in [0.2, 0.25) is 5.60 Å². The highest BCUT2D eigenvalue weighted by atomic mass is 32.2. The Morgan fingerprint density at radius 2 is 0.887 bits per heavy atom. The van der Waals surface area contributed by atoms with E-state index >= 15 is 0 Å². The molecule has 0 aromatic heterocycles. The molecule has 14 nitrogen and oxygen atoms in total. The third kappa shape index (κ3) is 18.9. The van der Waals surface area contributed by atoms with Crippen LogP contribution in [0.5, 0.6) is 5.75 Å². The van der Waals surface area contributed by atoms with Crippen LogP contribution in [0, 0.1) is 45.3 Å². The van der Waals surface area contributed by atoms with Gasteiger partial charge in [0.25, 0.3) is 0 Å². The fourth-order valence-corrected chi connectivity index (χ4v) is 17.6. The molecule has 5 aliphatic carbocycles. The average Bonchev–Trinajstić information content (AvgIpc) is 1.48. The number of hydrogen-bond acceptors (Lipinski definition) is 13. The molecule has 0 amide bonds. The topological polar surface area (TPSA) is 223 Å². The van der Waals surface area contributed by atoms with Gasteiger partial charge in [-0.3, -0.25) is 14.4 Å². The quantitative estimate of drug-likeness (QED) is 0.0388. The van der Waals surface area contributed by atoms with Crippen molar-refractivity contribution >= 4 is 61.8 Å². The number of aromatic carboxylic acids is 1. The van der Waals surface area contributed by atoms with Crippen LogP contribution in [-0.2, 0) is 70.0 Å². The second-order valence-electron chi connectivity index (χ2n) is 27.4. The van der Waals surface area contributed by atoms with E-state index in [1.807, 2.05) is 41.5 Å². The molecule has 1 aliphatic heterocycles. The number of para-hydroxylation sites is 1. The van der Waals surface area contributed by atoms with Crippen LogP contribution in [0.1, 0.15) is 144 Å². The van der Waals surface area contributed by atoms with Crippen molar-refractivity contribution in [3.8, 4) is 5.75 Å². The molecule has 7 aromatic rings. The molecule has 6 aliphatic rings. The number of carbonyl (C=O) groups excluding carboxylic acids is 4. The lowest BCUT2D eigenvalue weighted by Gasteiger charge is -2.59. The minimum atomic E-state index is -4.45. The molecule has 2 unspecified atom stereocenters. The van der Waals surface area contributed by atoms with Gasteiger partial charge in [-0.1, -0.05) is 161 Å². The first-order valence-electron chi connectivity index (χ1n) is 33.5. The number of benzene rings is 7. The van der Waals surface area contributed by atoms with Crippen LogP contribution in [0.15, 0.2) is 236 Å². The Labute approximate surface area is 580 Å². The predicted molar refractivity (Wildman–Crippen MR) is 378 cm³/mol. The highest BCUT2D eigenvalue weighted by Crippen LogP contribution is 2.66. The van der Waals surface area contributed by atoms with Crippen LogP contribution in [0.3, 0.4) is 0 Å². The van der Waals surface area contributed by atoms with Crippen molar-refractivity contribution in [3.63, 3.8) is 0 Å². The molecule has 1 N–H and O–H groups in total. The maximum atomic E-state index is 12.5. The molecule has 6 fully saturated rings. The Hall–Kier alpha value is -7.70. The van der Waals surface area contributed by atoms with E-state index in [1.165, 1.54) is 85.7 Å². The van der Waals surface area contributed by atoms with Gasteiger partial charge in [-0.2, -0.15) is 0 Å². The summed E-state index contributed by atoms with van der Waals surface area (Å²) in [5.41, 5.74) is -3.88. The number of hydrogen-bond donors (Lipinski definition) is 1. The number of esters is 4. The number of carbonyl (C=O) groups is 5. The van der Waals surface area contributed by atoms with E-state index in [1.54, 1.807) is 20.8 Å². The fourth-order valence-electron chi connectivity index (χ4n) is 13.1. The molecule has 5 saturated carbocycles. The van der Waals surface area contributed by atoms with E-state index in [0.29, 0.717) is 31.3 Å². The van der Waals surface area contributed by atoms with Crippen molar-refractivity contribution in [2.24, 2.45) is 45.3 Å². The Kier molecular flexibility index (Phi) is 26.6. The first-order chi connectivity index (χ1) is 46.0. The van der Waals surface area contributed by atoms with Crippen molar-refractivity contribution in [2.75, 3.05) is 19.0 Å². The van der Waals surface area contributed by atoms with Crippen LogP contribution in [-0.4, -0.2) is 78.1 Å². The van der Waals surface area contributed by atoms with Gasteiger partial charge in [-0.05, 0) is 209 Å². The lowest BCUT2D eigenvalue weighted by Crippen LogP contribution is -2.58. The van der Waals surface area contributed by atoms with Crippen molar-refractivity contribution in [3.05, 3.63) is 212 Å². The van der Waals surface area contributed by atoms with Crippen LogP contribution in [0.4, 0.5) is 0 Å². The highest BCUT2D eigenvalue weighted by molar-refractivity contribution is 7.97. The van der Waals surface area contributed by atoms with Gasteiger partial charge in [-0.25, -0.2) is 18.0 Å². The molecule has 518 valence electrons. The van der Waals surface area contributed by atoms with Crippen molar-refractivity contribution in [1.82, 2.24) is 0 Å². The van der Waals surface area contributed by atoms with Gasteiger partial charge in [0.1, 0.15) is 12.2 Å². The van der Waals surface area contributed by atoms with Gasteiger partial charge in [-0.15, -0.1) is 0 Å². The van der Waals surface area contributed by atoms with Gasteiger partial charge in [0.15, 0.2) is 29.4 Å². The van der Waals surface area contributed by atoms with Crippen LogP contribution in [0.25, 0.3) is 0 Å².